The van der Waals surface area contributed by atoms with Crippen molar-refractivity contribution in [2.24, 2.45) is 35.5 Å². The number of amides is 2. The van der Waals surface area contributed by atoms with E-state index in [0.717, 1.165) is 64.2 Å². The Balaban J connectivity index is 0.986. The molecular formula is C28H36N4O2S. The maximum Gasteiger partial charge on any atom is 0.233 e. The zero-order valence-corrected chi connectivity index (χ0v) is 21.3. The highest BCUT2D eigenvalue weighted by atomic mass is 32.1. The molecule has 6 atom stereocenters. The van der Waals surface area contributed by atoms with Gasteiger partial charge >= 0.3 is 0 Å². The SMILES string of the molecule is O=C1C2C3CCC(C3)C2C(=O)N1CC1CCCC[C@H]1CN1CCN(c2nsc3ccccc23)CC1. The zero-order chi connectivity index (χ0) is 23.5. The van der Waals surface area contributed by atoms with Crippen molar-refractivity contribution < 1.29 is 9.59 Å². The van der Waals surface area contributed by atoms with Gasteiger partial charge in [-0.25, -0.2) is 0 Å². The van der Waals surface area contributed by atoms with Crippen LogP contribution in [0.25, 0.3) is 10.1 Å². The number of fused-ring (bicyclic) bond motifs is 6. The van der Waals surface area contributed by atoms with Crippen molar-refractivity contribution in [3.8, 4) is 0 Å². The Hall–Kier alpha value is -1.99. The summed E-state index contributed by atoms with van der Waals surface area (Å²) in [5.41, 5.74) is 0. The van der Waals surface area contributed by atoms with Crippen molar-refractivity contribution in [1.29, 1.82) is 0 Å². The lowest BCUT2D eigenvalue weighted by Gasteiger charge is -2.40. The summed E-state index contributed by atoms with van der Waals surface area (Å²) in [4.78, 5) is 33.4. The summed E-state index contributed by atoms with van der Waals surface area (Å²) in [5.74, 6) is 3.59. The van der Waals surface area contributed by atoms with Gasteiger partial charge in [-0.15, -0.1) is 0 Å². The topological polar surface area (TPSA) is 56.8 Å². The van der Waals surface area contributed by atoms with Crippen LogP contribution < -0.4 is 4.90 Å². The molecule has 1 aromatic heterocycles. The molecule has 1 aromatic carbocycles. The maximum absolute atomic E-state index is 13.3. The van der Waals surface area contributed by atoms with Crippen molar-refractivity contribution in [3.63, 3.8) is 0 Å². The van der Waals surface area contributed by atoms with E-state index >= 15 is 0 Å². The molecule has 2 bridgehead atoms. The molecule has 5 fully saturated rings. The Bertz CT molecular complexity index is 1100. The molecule has 186 valence electrons. The summed E-state index contributed by atoms with van der Waals surface area (Å²) in [7, 11) is 0. The molecule has 3 saturated carbocycles. The third kappa shape index (κ3) is 3.72. The predicted octanol–water partition coefficient (Wildman–Crippen LogP) is 4.26. The van der Waals surface area contributed by atoms with Gasteiger partial charge in [-0.3, -0.25) is 19.4 Å². The lowest BCUT2D eigenvalue weighted by atomic mass is 9.78. The molecule has 0 N–H and O–H groups in total. The molecule has 7 heteroatoms. The zero-order valence-electron chi connectivity index (χ0n) is 20.5. The quantitative estimate of drug-likeness (QED) is 0.584. The molecule has 2 aromatic rings. The van der Waals surface area contributed by atoms with Crippen LogP contribution in [0.3, 0.4) is 0 Å². The van der Waals surface area contributed by atoms with E-state index in [2.05, 4.69) is 34.1 Å². The Labute approximate surface area is 211 Å². The Morgan fingerprint density at radius 3 is 2.20 bits per heavy atom. The number of anilines is 1. The number of rotatable bonds is 5. The van der Waals surface area contributed by atoms with E-state index < -0.39 is 0 Å². The highest BCUT2D eigenvalue weighted by molar-refractivity contribution is 7.13. The van der Waals surface area contributed by atoms with Crippen molar-refractivity contribution in [1.82, 2.24) is 14.2 Å². The van der Waals surface area contributed by atoms with Crippen LogP contribution >= 0.6 is 11.5 Å². The number of piperazine rings is 1. The van der Waals surface area contributed by atoms with Gasteiger partial charge in [0.2, 0.25) is 11.8 Å². The van der Waals surface area contributed by atoms with Crippen LogP contribution in [0.5, 0.6) is 0 Å². The number of carbonyl (C=O) groups is 2. The molecule has 2 aliphatic heterocycles. The number of likely N-dealkylation sites (tertiary alicyclic amines) is 1. The van der Waals surface area contributed by atoms with E-state index in [1.807, 2.05) is 0 Å². The van der Waals surface area contributed by atoms with Crippen LogP contribution in [0, 0.1) is 35.5 Å². The Kier molecular flexibility index (Phi) is 5.61. The first kappa shape index (κ1) is 22.2. The predicted molar refractivity (Wildman–Crippen MR) is 138 cm³/mol. The minimum atomic E-state index is 0.0261. The summed E-state index contributed by atoms with van der Waals surface area (Å²) in [6.07, 6.45) is 8.35. The van der Waals surface area contributed by atoms with Gasteiger partial charge in [-0.1, -0.05) is 25.0 Å². The van der Waals surface area contributed by atoms with Gasteiger partial charge in [-0.05, 0) is 79.4 Å². The molecule has 3 heterocycles. The molecule has 5 aliphatic rings. The third-order valence-electron chi connectivity index (χ3n) is 10.0. The molecule has 5 unspecified atom stereocenters. The molecular weight excluding hydrogens is 456 g/mol. The Morgan fingerprint density at radius 1 is 0.829 bits per heavy atom. The lowest BCUT2D eigenvalue weighted by Crippen LogP contribution is -2.49. The second kappa shape index (κ2) is 8.84. The standard InChI is InChI=1S/C28H36N4O2S/c33-27-24-18-9-10-19(15-18)25(24)28(34)32(27)17-21-6-2-1-5-20(21)16-30-11-13-31(14-12-30)26-22-7-3-4-8-23(22)35-29-26/h3-4,7-8,18-21,24-25H,1-2,5-6,9-17H2/t18?,19?,20-,21?,24?,25?/m0/s1. The van der Waals surface area contributed by atoms with Gasteiger partial charge in [0, 0.05) is 44.7 Å². The van der Waals surface area contributed by atoms with E-state index in [9.17, 15) is 9.59 Å². The molecule has 3 aliphatic carbocycles. The first-order valence-corrected chi connectivity index (χ1v) is 14.6. The van der Waals surface area contributed by atoms with E-state index in [0.29, 0.717) is 30.2 Å². The van der Waals surface area contributed by atoms with E-state index in [1.165, 1.54) is 29.3 Å². The van der Waals surface area contributed by atoms with Crippen LogP contribution in [0.1, 0.15) is 44.9 Å². The van der Waals surface area contributed by atoms with Crippen LogP contribution in [-0.4, -0.2) is 65.3 Å². The first-order chi connectivity index (χ1) is 17.2. The fourth-order valence-electron chi connectivity index (χ4n) is 8.22. The van der Waals surface area contributed by atoms with E-state index in [1.54, 1.807) is 16.4 Å². The van der Waals surface area contributed by atoms with Gasteiger partial charge in [0.25, 0.3) is 0 Å². The van der Waals surface area contributed by atoms with Gasteiger partial charge in [0.15, 0.2) is 0 Å². The highest BCUT2D eigenvalue weighted by Gasteiger charge is 2.61. The number of hydrogen-bond acceptors (Lipinski definition) is 6. The third-order valence-corrected chi connectivity index (χ3v) is 10.8. The second-order valence-corrected chi connectivity index (χ2v) is 12.6. The summed E-state index contributed by atoms with van der Waals surface area (Å²) >= 11 is 1.60. The first-order valence-electron chi connectivity index (χ1n) is 13.8. The average molecular weight is 493 g/mol. The number of hydrogen-bond donors (Lipinski definition) is 0. The molecule has 0 radical (unpaired) electrons. The van der Waals surface area contributed by atoms with Gasteiger partial charge in [0.05, 0.1) is 16.5 Å². The molecule has 0 spiro atoms. The second-order valence-electron chi connectivity index (χ2n) is 11.8. The summed E-state index contributed by atoms with van der Waals surface area (Å²) in [6, 6.07) is 8.54. The van der Waals surface area contributed by atoms with E-state index in [-0.39, 0.29) is 23.7 Å². The minimum absolute atomic E-state index is 0.0261. The number of carbonyl (C=O) groups excluding carboxylic acids is 2. The van der Waals surface area contributed by atoms with Crippen LogP contribution in [0.15, 0.2) is 24.3 Å². The molecule has 2 amide bonds. The van der Waals surface area contributed by atoms with Crippen molar-refractivity contribution in [3.05, 3.63) is 24.3 Å². The van der Waals surface area contributed by atoms with Crippen molar-refractivity contribution in [2.75, 3.05) is 44.2 Å². The number of imide groups is 1. The van der Waals surface area contributed by atoms with Crippen LogP contribution in [0.2, 0.25) is 0 Å². The van der Waals surface area contributed by atoms with Crippen LogP contribution in [-0.2, 0) is 9.59 Å². The highest BCUT2D eigenvalue weighted by Crippen LogP contribution is 2.56. The summed E-state index contributed by atoms with van der Waals surface area (Å²) in [6.45, 7) is 5.93. The van der Waals surface area contributed by atoms with Gasteiger partial charge in [0.1, 0.15) is 5.82 Å². The number of nitrogens with zero attached hydrogens (tertiary/aromatic N) is 4. The summed E-state index contributed by atoms with van der Waals surface area (Å²) in [5, 5.41) is 1.27. The maximum atomic E-state index is 13.3. The Morgan fingerprint density at radius 2 is 1.49 bits per heavy atom. The van der Waals surface area contributed by atoms with Gasteiger partial charge in [-0.2, -0.15) is 4.37 Å². The minimum Gasteiger partial charge on any atom is -0.353 e. The van der Waals surface area contributed by atoms with Crippen molar-refractivity contribution >= 4 is 39.3 Å². The fourth-order valence-corrected chi connectivity index (χ4v) is 9.02. The largest absolute Gasteiger partial charge is 0.353 e. The summed E-state index contributed by atoms with van der Waals surface area (Å²) < 4.78 is 6.02. The lowest BCUT2D eigenvalue weighted by molar-refractivity contribution is -0.142. The molecule has 7 rings (SSSR count). The molecule has 35 heavy (non-hydrogen) atoms. The monoisotopic (exact) mass is 492 g/mol. The molecule has 6 nitrogen and oxygen atoms in total. The van der Waals surface area contributed by atoms with E-state index in [4.69, 9.17) is 4.37 Å². The normalized spacial score (nSPS) is 35.4. The fraction of sp³-hybridized carbons (Fsp3) is 0.679. The van der Waals surface area contributed by atoms with Gasteiger partial charge < -0.3 is 4.90 Å². The number of benzene rings is 1. The smallest absolute Gasteiger partial charge is 0.233 e. The van der Waals surface area contributed by atoms with Crippen molar-refractivity contribution in [2.45, 2.75) is 44.9 Å². The number of aromatic nitrogens is 1. The van der Waals surface area contributed by atoms with Crippen LogP contribution in [0.4, 0.5) is 5.82 Å². The average Bonchev–Trinajstić information content (AvgIpc) is 3.66. The molecule has 2 saturated heterocycles.